The maximum Gasteiger partial charge on any atom is 0.115 e. The Morgan fingerprint density at radius 1 is 1.27 bits per heavy atom. The van der Waals surface area contributed by atoms with E-state index in [1.807, 2.05) is 0 Å². The van der Waals surface area contributed by atoms with Crippen molar-refractivity contribution < 1.29 is 4.39 Å². The van der Waals surface area contributed by atoms with Gasteiger partial charge in [-0.15, -0.1) is 0 Å². The van der Waals surface area contributed by atoms with E-state index in [0.717, 1.165) is 25.7 Å². The minimum atomic E-state index is -0.596. The molecule has 1 heterocycles. The Bertz CT molecular complexity index is 161. The topological polar surface area (TPSA) is 3.24 Å². The van der Waals surface area contributed by atoms with E-state index in [4.69, 9.17) is 0 Å². The van der Waals surface area contributed by atoms with E-state index in [1.165, 1.54) is 6.42 Å². The van der Waals surface area contributed by atoms with Crippen LogP contribution in [0, 0.1) is 0 Å². The van der Waals surface area contributed by atoms with Crippen LogP contribution in [0.2, 0.25) is 0 Å². The first-order valence-electron chi connectivity index (χ1n) is 6.41. The number of hydrogen-bond acceptors (Lipinski definition) is 1. The second-order valence-corrected chi connectivity index (χ2v) is 4.72. The fourth-order valence-corrected chi connectivity index (χ4v) is 2.47. The molecule has 2 atom stereocenters. The molecule has 1 aliphatic rings. The van der Waals surface area contributed by atoms with Crippen LogP contribution in [0.1, 0.15) is 59.8 Å². The van der Waals surface area contributed by atoms with Crippen LogP contribution < -0.4 is 0 Å². The fourth-order valence-electron chi connectivity index (χ4n) is 2.47. The van der Waals surface area contributed by atoms with E-state index < -0.39 is 6.17 Å². The highest BCUT2D eigenvalue weighted by Crippen LogP contribution is 2.36. The molecule has 15 heavy (non-hydrogen) atoms. The second kappa shape index (κ2) is 7.21. The molecule has 0 N–H and O–H groups in total. The zero-order chi connectivity index (χ0) is 11.9. The molecule has 0 aromatic heterocycles. The first-order chi connectivity index (χ1) is 7.06. The molecule has 2 unspecified atom stereocenters. The van der Waals surface area contributed by atoms with Crippen molar-refractivity contribution >= 4 is 0 Å². The molecular weight excluding hydrogens is 189 g/mol. The lowest BCUT2D eigenvalue weighted by molar-refractivity contribution is 0.153. The van der Waals surface area contributed by atoms with Gasteiger partial charge >= 0.3 is 0 Å². The molecule has 0 amide bonds. The Morgan fingerprint density at radius 2 is 1.80 bits per heavy atom. The number of rotatable bonds is 3. The lowest BCUT2D eigenvalue weighted by Gasteiger charge is -2.34. The summed E-state index contributed by atoms with van der Waals surface area (Å²) >= 11 is 0. The van der Waals surface area contributed by atoms with Crippen molar-refractivity contribution in [1.82, 2.24) is 4.90 Å². The normalized spacial score (nSPS) is 31.2. The standard InChI is InChI=1S/C10H20FN.C3H8/c1-4-6-10(5-2)7-9(11)8-12(10)3;1-3-2/h9H,4-8H2,1-3H3;3H2,1-2H3. The van der Waals surface area contributed by atoms with Gasteiger partial charge in [0.05, 0.1) is 0 Å². The third kappa shape index (κ3) is 4.10. The highest BCUT2D eigenvalue weighted by atomic mass is 19.1. The van der Waals surface area contributed by atoms with E-state index in [0.29, 0.717) is 6.54 Å². The summed E-state index contributed by atoms with van der Waals surface area (Å²) in [7, 11) is 2.05. The van der Waals surface area contributed by atoms with Crippen LogP contribution in [0.15, 0.2) is 0 Å². The lowest BCUT2D eigenvalue weighted by atomic mass is 9.88. The van der Waals surface area contributed by atoms with Crippen molar-refractivity contribution in [2.45, 2.75) is 71.5 Å². The summed E-state index contributed by atoms with van der Waals surface area (Å²) in [6.07, 6.45) is 4.78. The highest BCUT2D eigenvalue weighted by molar-refractivity contribution is 4.96. The summed E-state index contributed by atoms with van der Waals surface area (Å²) in [4.78, 5) is 2.21. The molecule has 0 spiro atoms. The number of likely N-dealkylation sites (tertiary alicyclic amines) is 1. The summed E-state index contributed by atoms with van der Waals surface area (Å²) in [5.41, 5.74) is 0.175. The molecule has 1 rings (SSSR count). The van der Waals surface area contributed by atoms with Crippen molar-refractivity contribution in [1.29, 1.82) is 0 Å². The molecule has 0 aromatic carbocycles. The molecule has 1 fully saturated rings. The van der Waals surface area contributed by atoms with Gasteiger partial charge in [-0.2, -0.15) is 0 Å². The maximum absolute atomic E-state index is 13.1. The van der Waals surface area contributed by atoms with Gasteiger partial charge in [0.15, 0.2) is 0 Å². The molecule has 2 heteroatoms. The van der Waals surface area contributed by atoms with Crippen LogP contribution in [-0.2, 0) is 0 Å². The van der Waals surface area contributed by atoms with Crippen molar-refractivity contribution in [3.63, 3.8) is 0 Å². The number of halogens is 1. The van der Waals surface area contributed by atoms with Crippen molar-refractivity contribution in [2.75, 3.05) is 13.6 Å². The van der Waals surface area contributed by atoms with Gasteiger partial charge < -0.3 is 0 Å². The maximum atomic E-state index is 13.1. The van der Waals surface area contributed by atoms with Crippen LogP contribution >= 0.6 is 0 Å². The Hall–Kier alpha value is -0.110. The third-order valence-electron chi connectivity index (χ3n) is 3.26. The summed E-state index contributed by atoms with van der Waals surface area (Å²) in [5.74, 6) is 0. The van der Waals surface area contributed by atoms with E-state index in [-0.39, 0.29) is 5.54 Å². The predicted octanol–water partition coefficient (Wildman–Crippen LogP) is 4.03. The number of nitrogens with zero attached hydrogens (tertiary/aromatic N) is 1. The van der Waals surface area contributed by atoms with Crippen LogP contribution in [0.4, 0.5) is 4.39 Å². The van der Waals surface area contributed by atoms with Gasteiger partial charge in [-0.1, -0.05) is 40.5 Å². The molecule has 0 bridgehead atoms. The predicted molar refractivity (Wildman–Crippen MR) is 66.0 cm³/mol. The molecule has 1 nitrogen and oxygen atoms in total. The van der Waals surface area contributed by atoms with Crippen molar-refractivity contribution in [3.8, 4) is 0 Å². The van der Waals surface area contributed by atoms with Gasteiger partial charge in [0.2, 0.25) is 0 Å². The molecular formula is C13H28FN. The first kappa shape index (κ1) is 14.9. The minimum absolute atomic E-state index is 0.175. The van der Waals surface area contributed by atoms with Crippen LogP contribution in [0.3, 0.4) is 0 Å². The Morgan fingerprint density at radius 3 is 2.07 bits per heavy atom. The van der Waals surface area contributed by atoms with Crippen LogP contribution in [0.25, 0.3) is 0 Å². The summed E-state index contributed by atoms with van der Waals surface area (Å²) in [6.45, 7) is 9.23. The van der Waals surface area contributed by atoms with Crippen molar-refractivity contribution in [2.24, 2.45) is 0 Å². The first-order valence-corrected chi connectivity index (χ1v) is 6.41. The lowest BCUT2D eigenvalue weighted by Crippen LogP contribution is -2.40. The van der Waals surface area contributed by atoms with Gasteiger partial charge in [0.1, 0.15) is 6.17 Å². The van der Waals surface area contributed by atoms with Crippen LogP contribution in [0.5, 0.6) is 0 Å². The third-order valence-corrected chi connectivity index (χ3v) is 3.26. The van der Waals surface area contributed by atoms with Gasteiger partial charge in [0.25, 0.3) is 0 Å². The quantitative estimate of drug-likeness (QED) is 0.690. The van der Waals surface area contributed by atoms with Gasteiger partial charge in [0, 0.05) is 12.1 Å². The van der Waals surface area contributed by atoms with Gasteiger partial charge in [-0.3, -0.25) is 4.90 Å². The molecule has 1 saturated heterocycles. The van der Waals surface area contributed by atoms with E-state index in [2.05, 4.69) is 39.6 Å². The van der Waals surface area contributed by atoms with E-state index >= 15 is 0 Å². The number of hydrogen-bond donors (Lipinski definition) is 0. The number of alkyl halides is 1. The summed E-state index contributed by atoms with van der Waals surface area (Å²) in [6, 6.07) is 0. The minimum Gasteiger partial charge on any atom is -0.298 e. The Labute approximate surface area is 95.0 Å². The van der Waals surface area contributed by atoms with Crippen molar-refractivity contribution in [3.05, 3.63) is 0 Å². The largest absolute Gasteiger partial charge is 0.298 e. The van der Waals surface area contributed by atoms with E-state index in [1.54, 1.807) is 0 Å². The van der Waals surface area contributed by atoms with Gasteiger partial charge in [-0.25, -0.2) is 4.39 Å². The highest BCUT2D eigenvalue weighted by Gasteiger charge is 2.41. The zero-order valence-corrected chi connectivity index (χ0v) is 11.1. The molecule has 0 aliphatic carbocycles. The smallest absolute Gasteiger partial charge is 0.115 e. The van der Waals surface area contributed by atoms with E-state index in [9.17, 15) is 4.39 Å². The average Bonchev–Trinajstić information content (AvgIpc) is 2.44. The molecule has 0 radical (unpaired) electrons. The van der Waals surface area contributed by atoms with Gasteiger partial charge in [-0.05, 0) is 26.3 Å². The Balaban J connectivity index is 0.000000583. The monoisotopic (exact) mass is 217 g/mol. The molecule has 0 aromatic rings. The molecule has 0 saturated carbocycles. The Kier molecular flexibility index (Phi) is 7.16. The summed E-state index contributed by atoms with van der Waals surface area (Å²) in [5, 5.41) is 0. The average molecular weight is 217 g/mol. The summed E-state index contributed by atoms with van der Waals surface area (Å²) < 4.78 is 13.1. The SMILES string of the molecule is CCC.CCCC1(CC)CC(F)CN1C. The van der Waals surface area contributed by atoms with Crippen LogP contribution in [-0.4, -0.2) is 30.2 Å². The fraction of sp³-hybridized carbons (Fsp3) is 1.00. The zero-order valence-electron chi connectivity index (χ0n) is 11.1. The second-order valence-electron chi connectivity index (χ2n) is 4.72. The molecule has 1 aliphatic heterocycles. The molecule has 92 valence electrons.